The number of rotatable bonds is 2. The molecule has 0 aromatic heterocycles. The van der Waals surface area contributed by atoms with Gasteiger partial charge >= 0.3 is 5.97 Å². The normalized spacial score (nSPS) is 55.9. The van der Waals surface area contributed by atoms with Crippen molar-refractivity contribution in [2.45, 2.75) is 119 Å². The lowest BCUT2D eigenvalue weighted by Gasteiger charge is -2.74. The Morgan fingerprint density at radius 1 is 0.765 bits per heavy atom. The average molecular weight is 471 g/mol. The number of carbonyl (C=O) groups is 1. The number of carboxylic acid groups (broad SMARTS) is 1. The molecule has 5 fully saturated rings. The molecule has 3 nitrogen and oxygen atoms in total. The summed E-state index contributed by atoms with van der Waals surface area (Å²) in [6.45, 7) is 21.3. The Labute approximate surface area is 208 Å². The Bertz CT molecular complexity index is 906. The fraction of sp³-hybridized carbons (Fsp3) is 0.903. The lowest BCUT2D eigenvalue weighted by atomic mass is 9.30. The van der Waals surface area contributed by atoms with E-state index < -0.39 is 11.4 Å². The molecule has 5 saturated carbocycles. The lowest BCUT2D eigenvalue weighted by molar-refractivity contribution is -0.264. The number of hydrogen-bond donors (Lipinski definition) is 2. The fourth-order valence-corrected chi connectivity index (χ4v) is 12.3. The number of fused-ring (bicyclic) bond motifs is 7. The zero-order valence-electron chi connectivity index (χ0n) is 23.0. The van der Waals surface area contributed by atoms with Gasteiger partial charge < -0.3 is 10.2 Å². The molecule has 0 bridgehead atoms. The number of carboxylic acids is 1. The van der Waals surface area contributed by atoms with Crippen LogP contribution in [0, 0.1) is 56.2 Å². The van der Waals surface area contributed by atoms with E-state index in [9.17, 15) is 15.0 Å². The average Bonchev–Trinajstić information content (AvgIpc) is 3.06. The number of aliphatic carboxylic acids is 1. The topological polar surface area (TPSA) is 57.5 Å². The molecule has 0 amide bonds. The highest BCUT2D eigenvalue weighted by Gasteiger charge is 2.75. The first-order valence-electron chi connectivity index (χ1n) is 14.2. The second-order valence-electron chi connectivity index (χ2n) is 15.1. The molecular weight excluding hydrogens is 420 g/mol. The zero-order chi connectivity index (χ0) is 25.1. The molecule has 0 aromatic carbocycles. The van der Waals surface area contributed by atoms with Gasteiger partial charge in [-0.2, -0.15) is 0 Å². The van der Waals surface area contributed by atoms with Crippen LogP contribution < -0.4 is 0 Å². The Kier molecular flexibility index (Phi) is 5.22. The van der Waals surface area contributed by atoms with E-state index in [0.29, 0.717) is 23.7 Å². The first kappa shape index (κ1) is 24.8. The van der Waals surface area contributed by atoms with E-state index in [1.54, 1.807) is 0 Å². The van der Waals surface area contributed by atoms with Gasteiger partial charge in [-0.3, -0.25) is 4.79 Å². The summed E-state index contributed by atoms with van der Waals surface area (Å²) < 4.78 is 0. The third-order valence-corrected chi connectivity index (χ3v) is 14.3. The van der Waals surface area contributed by atoms with Crippen molar-refractivity contribution in [2.24, 2.45) is 56.2 Å². The summed E-state index contributed by atoms with van der Waals surface area (Å²) in [5, 5.41) is 21.6. The third kappa shape index (κ3) is 2.57. The van der Waals surface area contributed by atoms with Gasteiger partial charge in [0.2, 0.25) is 0 Å². The van der Waals surface area contributed by atoms with Crippen LogP contribution in [-0.4, -0.2) is 22.3 Å². The highest BCUT2D eigenvalue weighted by molar-refractivity contribution is 5.77. The Balaban J connectivity index is 1.61. The third-order valence-electron chi connectivity index (χ3n) is 14.3. The maximum atomic E-state index is 13.0. The molecule has 0 unspecified atom stereocenters. The van der Waals surface area contributed by atoms with Crippen molar-refractivity contribution in [3.05, 3.63) is 12.2 Å². The van der Waals surface area contributed by atoms with Crippen molar-refractivity contribution in [3.8, 4) is 0 Å². The highest BCUT2D eigenvalue weighted by atomic mass is 16.4. The van der Waals surface area contributed by atoms with Crippen LogP contribution in [0.3, 0.4) is 0 Å². The van der Waals surface area contributed by atoms with E-state index in [2.05, 4.69) is 55.0 Å². The molecule has 0 aromatic rings. The van der Waals surface area contributed by atoms with Crippen LogP contribution in [0.1, 0.15) is 113 Å². The first-order chi connectivity index (χ1) is 15.6. The molecule has 2 N–H and O–H groups in total. The van der Waals surface area contributed by atoms with Crippen molar-refractivity contribution in [3.63, 3.8) is 0 Å². The van der Waals surface area contributed by atoms with Crippen molar-refractivity contribution in [1.29, 1.82) is 0 Å². The smallest absolute Gasteiger partial charge is 0.310 e. The van der Waals surface area contributed by atoms with Gasteiger partial charge in [0, 0.05) is 0 Å². The lowest BCUT2D eigenvalue weighted by Crippen LogP contribution is -2.69. The minimum absolute atomic E-state index is 0.0282. The van der Waals surface area contributed by atoms with Crippen LogP contribution in [0.5, 0.6) is 0 Å². The van der Waals surface area contributed by atoms with Crippen LogP contribution in [-0.2, 0) is 4.79 Å². The molecule has 34 heavy (non-hydrogen) atoms. The number of hydrogen-bond acceptors (Lipinski definition) is 2. The molecule has 10 atom stereocenters. The number of allylic oxidation sites excluding steroid dienone is 1. The van der Waals surface area contributed by atoms with Gasteiger partial charge in [0.1, 0.15) is 0 Å². The monoisotopic (exact) mass is 470 g/mol. The molecule has 3 heteroatoms. The van der Waals surface area contributed by atoms with Gasteiger partial charge in [-0.05, 0) is 122 Å². The van der Waals surface area contributed by atoms with Gasteiger partial charge in [0.25, 0.3) is 0 Å². The quantitative estimate of drug-likeness (QED) is 0.411. The highest BCUT2D eigenvalue weighted by Crippen LogP contribution is 2.80. The second-order valence-corrected chi connectivity index (χ2v) is 15.1. The van der Waals surface area contributed by atoms with Crippen LogP contribution in [0.4, 0.5) is 0 Å². The van der Waals surface area contributed by atoms with Crippen LogP contribution in [0.15, 0.2) is 12.2 Å². The summed E-state index contributed by atoms with van der Waals surface area (Å²) in [6.07, 6.45) is 10.3. The number of aliphatic hydroxyl groups excluding tert-OH is 1. The molecule has 5 aliphatic carbocycles. The van der Waals surface area contributed by atoms with Crippen LogP contribution in [0.25, 0.3) is 0 Å². The maximum absolute atomic E-state index is 13.0. The second kappa shape index (κ2) is 7.14. The fourth-order valence-electron chi connectivity index (χ4n) is 12.3. The van der Waals surface area contributed by atoms with E-state index in [0.717, 1.165) is 44.9 Å². The van der Waals surface area contributed by atoms with Gasteiger partial charge in [0.05, 0.1) is 11.5 Å². The molecule has 0 saturated heterocycles. The number of aliphatic hydroxyl groups is 1. The summed E-state index contributed by atoms with van der Waals surface area (Å²) in [4.78, 5) is 13.0. The molecule has 5 rings (SSSR count). The summed E-state index contributed by atoms with van der Waals surface area (Å²) in [5.74, 6) is 1.40. The minimum atomic E-state index is -0.595. The first-order valence-corrected chi connectivity index (χ1v) is 14.2. The Morgan fingerprint density at radius 3 is 2.00 bits per heavy atom. The zero-order valence-corrected chi connectivity index (χ0v) is 23.0. The largest absolute Gasteiger partial charge is 0.481 e. The van der Waals surface area contributed by atoms with Gasteiger partial charge in [0.15, 0.2) is 0 Å². The van der Waals surface area contributed by atoms with Gasteiger partial charge in [-0.15, -0.1) is 0 Å². The predicted molar refractivity (Wildman–Crippen MR) is 137 cm³/mol. The Hall–Kier alpha value is -0.830. The molecular formula is C31H50O3. The SMILES string of the molecule is C=C(C)[C@@H]1CC[C@]2(C(=O)O)CC[C@@]3(C)[C@@H](CC[C@H]4[C@@]5(C)CC[C@H](O)C(C)(C)[C@H]5CC[C@]43C)[C@]12C. The van der Waals surface area contributed by atoms with E-state index in [1.165, 1.54) is 24.8 Å². The molecule has 5 aliphatic rings. The summed E-state index contributed by atoms with van der Waals surface area (Å²) >= 11 is 0. The maximum Gasteiger partial charge on any atom is 0.310 e. The van der Waals surface area contributed by atoms with Gasteiger partial charge in [-0.25, -0.2) is 0 Å². The predicted octanol–water partition coefficient (Wildman–Crippen LogP) is 7.48. The van der Waals surface area contributed by atoms with Gasteiger partial charge in [-0.1, -0.05) is 53.7 Å². The standard InChI is InChI=1S/C31H50O3/c1-19(2)20-11-16-31(25(33)34)18-17-29(7)23(30(20,31)8)10-9-22-27(5)14-13-24(32)26(3,4)21(27)12-15-28(22,29)6/h20-24,32H,1,9-18H2,2-8H3,(H,33,34)/t20-,21+,22-,23+,24-,27-,28+,29-,30-,31+/m0/s1. The molecule has 0 spiro atoms. The minimum Gasteiger partial charge on any atom is -0.481 e. The van der Waals surface area contributed by atoms with Crippen LogP contribution in [0.2, 0.25) is 0 Å². The Morgan fingerprint density at radius 2 is 1.38 bits per heavy atom. The molecule has 0 radical (unpaired) electrons. The molecule has 192 valence electrons. The van der Waals surface area contributed by atoms with Crippen LogP contribution >= 0.6 is 0 Å². The summed E-state index contributed by atoms with van der Waals surface area (Å²) in [5.41, 5.74) is 0.981. The van der Waals surface area contributed by atoms with Crippen molar-refractivity contribution in [1.82, 2.24) is 0 Å². The van der Waals surface area contributed by atoms with Crippen molar-refractivity contribution >= 4 is 5.97 Å². The van der Waals surface area contributed by atoms with E-state index in [4.69, 9.17) is 0 Å². The molecule has 0 heterocycles. The van der Waals surface area contributed by atoms with E-state index in [1.807, 2.05) is 0 Å². The summed E-state index contributed by atoms with van der Waals surface area (Å²) in [7, 11) is 0. The van der Waals surface area contributed by atoms with E-state index >= 15 is 0 Å². The van der Waals surface area contributed by atoms with Crippen molar-refractivity contribution in [2.75, 3.05) is 0 Å². The van der Waals surface area contributed by atoms with Crippen molar-refractivity contribution < 1.29 is 15.0 Å². The molecule has 0 aliphatic heterocycles. The summed E-state index contributed by atoms with van der Waals surface area (Å²) in [6, 6.07) is 0. The van der Waals surface area contributed by atoms with E-state index in [-0.39, 0.29) is 33.2 Å².